The van der Waals surface area contributed by atoms with Gasteiger partial charge in [0.05, 0.1) is 18.5 Å². The molecule has 0 spiro atoms. The highest BCUT2D eigenvalue weighted by molar-refractivity contribution is 5.79. The van der Waals surface area contributed by atoms with E-state index < -0.39 is 0 Å². The molecule has 0 saturated carbocycles. The van der Waals surface area contributed by atoms with Crippen molar-refractivity contribution < 1.29 is 9.53 Å². The van der Waals surface area contributed by atoms with Gasteiger partial charge in [-0.1, -0.05) is 38.8 Å². The van der Waals surface area contributed by atoms with Gasteiger partial charge in [0.25, 0.3) is 5.56 Å². The van der Waals surface area contributed by atoms with Crippen LogP contribution in [0.15, 0.2) is 35.1 Å². The summed E-state index contributed by atoms with van der Waals surface area (Å²) in [6.07, 6.45) is 4.07. The maximum Gasteiger partial charge on any atom is 0.252 e. The summed E-state index contributed by atoms with van der Waals surface area (Å²) in [5.41, 5.74) is 1.78. The Morgan fingerprint density at radius 2 is 1.73 bits per heavy atom. The minimum absolute atomic E-state index is 0.121. The van der Waals surface area contributed by atoms with Crippen LogP contribution >= 0.6 is 0 Å². The zero-order chi connectivity index (χ0) is 26.2. The van der Waals surface area contributed by atoms with Crippen LogP contribution in [0.3, 0.4) is 0 Å². The van der Waals surface area contributed by atoms with Crippen LogP contribution in [0, 0.1) is 5.92 Å². The summed E-state index contributed by atoms with van der Waals surface area (Å²) in [6.45, 7) is 11.2. The Bertz CT molecular complexity index is 1070. The number of para-hydroxylation sites is 2. The van der Waals surface area contributed by atoms with Crippen LogP contribution in [0.1, 0.15) is 45.2 Å². The van der Waals surface area contributed by atoms with Crippen LogP contribution in [0.25, 0.3) is 0 Å². The van der Waals surface area contributed by atoms with E-state index in [4.69, 9.17) is 9.72 Å². The highest BCUT2D eigenvalue weighted by atomic mass is 16.5. The largest absolute Gasteiger partial charge is 0.495 e. The number of carbonyl (C=O) groups excluding carboxylic acids is 1. The lowest BCUT2D eigenvalue weighted by molar-refractivity contribution is -0.136. The lowest BCUT2D eigenvalue weighted by Gasteiger charge is -2.37. The van der Waals surface area contributed by atoms with E-state index in [0.29, 0.717) is 38.7 Å². The molecule has 0 unspecified atom stereocenters. The number of aromatic amines is 1. The lowest BCUT2D eigenvalue weighted by atomic mass is 9.97. The van der Waals surface area contributed by atoms with E-state index in [1.54, 1.807) is 13.2 Å². The van der Waals surface area contributed by atoms with Crippen molar-refractivity contribution in [3.63, 3.8) is 0 Å². The van der Waals surface area contributed by atoms with Gasteiger partial charge in [-0.2, -0.15) is 0 Å². The van der Waals surface area contributed by atoms with Crippen molar-refractivity contribution in [1.82, 2.24) is 19.8 Å². The summed E-state index contributed by atoms with van der Waals surface area (Å²) < 4.78 is 5.53. The Labute approximate surface area is 220 Å². The number of amides is 1. The van der Waals surface area contributed by atoms with E-state index in [9.17, 15) is 9.59 Å². The van der Waals surface area contributed by atoms with E-state index in [0.717, 1.165) is 69.0 Å². The average molecular weight is 511 g/mol. The van der Waals surface area contributed by atoms with Gasteiger partial charge < -0.3 is 19.4 Å². The Morgan fingerprint density at radius 3 is 2.41 bits per heavy atom. The number of benzene rings is 1. The highest BCUT2D eigenvalue weighted by Crippen LogP contribution is 2.28. The predicted molar refractivity (Wildman–Crippen MR) is 147 cm³/mol. The molecule has 2 saturated heterocycles. The molecule has 9 heteroatoms. The van der Waals surface area contributed by atoms with Crippen LogP contribution in [-0.2, 0) is 11.3 Å². The van der Waals surface area contributed by atoms with Crippen LogP contribution in [0.5, 0.6) is 5.75 Å². The molecule has 1 aromatic heterocycles. The van der Waals surface area contributed by atoms with Gasteiger partial charge in [0.1, 0.15) is 5.75 Å². The number of H-pyrrole nitrogens is 1. The summed E-state index contributed by atoms with van der Waals surface area (Å²) in [6, 6.07) is 9.72. The quantitative estimate of drug-likeness (QED) is 0.526. The number of ether oxygens (including phenoxy) is 1. The zero-order valence-corrected chi connectivity index (χ0v) is 22.6. The SMILES string of the molecule is CCCC[C@H](CC)C(=O)N1CCN(c2nc(CN3CCN(c4ccccc4OC)CC3)cc(=O)[nH]2)CC1. The molecular formula is C28H42N6O3. The van der Waals surface area contributed by atoms with Gasteiger partial charge >= 0.3 is 0 Å². The fourth-order valence-electron chi connectivity index (χ4n) is 5.34. The number of anilines is 2. The Balaban J connectivity index is 1.32. The minimum Gasteiger partial charge on any atom is -0.495 e. The van der Waals surface area contributed by atoms with Crippen LogP contribution < -0.4 is 20.1 Å². The standard InChI is InChI=1S/C28H42N6O3/c1-4-6-9-22(5-2)27(36)33-16-18-34(19-17-33)28-29-23(20-26(35)30-28)21-31-12-14-32(15-13-31)24-10-7-8-11-25(24)37-3/h7-8,10-11,20,22H,4-6,9,12-19,21H2,1-3H3,(H,29,30,35)/t22-/m0/s1. The van der Waals surface area contributed by atoms with Gasteiger partial charge in [0.15, 0.2) is 0 Å². The molecule has 2 aliphatic rings. The average Bonchev–Trinajstić information content (AvgIpc) is 2.93. The maximum atomic E-state index is 13.0. The first kappa shape index (κ1) is 27.0. The van der Waals surface area contributed by atoms with E-state index in [-0.39, 0.29) is 17.4 Å². The summed E-state index contributed by atoms with van der Waals surface area (Å²) in [5.74, 6) is 1.90. The third-order valence-electron chi connectivity index (χ3n) is 7.61. The van der Waals surface area contributed by atoms with Crippen LogP contribution in [0.4, 0.5) is 11.6 Å². The summed E-state index contributed by atoms with van der Waals surface area (Å²) in [5, 5.41) is 0. The first-order valence-corrected chi connectivity index (χ1v) is 13.8. The third kappa shape index (κ3) is 6.83. The van der Waals surface area contributed by atoms with Gasteiger partial charge in [0.2, 0.25) is 11.9 Å². The lowest BCUT2D eigenvalue weighted by Crippen LogP contribution is -2.51. The van der Waals surface area contributed by atoms with Crippen LogP contribution in [-0.4, -0.2) is 85.1 Å². The number of piperazine rings is 2. The molecular weight excluding hydrogens is 468 g/mol. The first-order chi connectivity index (χ1) is 18.0. The molecule has 1 atom stereocenters. The molecule has 37 heavy (non-hydrogen) atoms. The van der Waals surface area contributed by atoms with Gasteiger partial charge in [-0.05, 0) is 25.0 Å². The van der Waals surface area contributed by atoms with Crippen molar-refractivity contribution in [2.24, 2.45) is 5.92 Å². The molecule has 9 nitrogen and oxygen atoms in total. The Kier molecular flexibility index (Phi) is 9.44. The molecule has 3 heterocycles. The molecule has 0 radical (unpaired) electrons. The fourth-order valence-corrected chi connectivity index (χ4v) is 5.34. The van der Waals surface area contributed by atoms with Gasteiger partial charge in [0, 0.05) is 70.9 Å². The van der Waals surface area contributed by atoms with Crippen molar-refractivity contribution in [1.29, 1.82) is 0 Å². The molecule has 2 fully saturated rings. The summed E-state index contributed by atoms with van der Waals surface area (Å²) in [4.78, 5) is 42.0. The number of unbranched alkanes of at least 4 members (excludes halogenated alkanes) is 1. The highest BCUT2D eigenvalue weighted by Gasteiger charge is 2.27. The number of hydrogen-bond acceptors (Lipinski definition) is 7. The zero-order valence-electron chi connectivity index (χ0n) is 22.6. The molecule has 2 aromatic rings. The van der Waals surface area contributed by atoms with Gasteiger partial charge in [-0.3, -0.25) is 19.5 Å². The monoisotopic (exact) mass is 510 g/mol. The number of nitrogens with one attached hydrogen (secondary N) is 1. The number of nitrogens with zero attached hydrogens (tertiary/aromatic N) is 5. The topological polar surface area (TPSA) is 85.0 Å². The van der Waals surface area contributed by atoms with Crippen molar-refractivity contribution in [3.05, 3.63) is 46.4 Å². The van der Waals surface area contributed by atoms with Crippen molar-refractivity contribution in [3.8, 4) is 5.75 Å². The van der Waals surface area contributed by atoms with Gasteiger partial charge in [-0.15, -0.1) is 0 Å². The van der Waals surface area contributed by atoms with Crippen molar-refractivity contribution in [2.45, 2.75) is 46.1 Å². The van der Waals surface area contributed by atoms with E-state index in [1.165, 1.54) is 0 Å². The van der Waals surface area contributed by atoms with Gasteiger partial charge in [-0.25, -0.2) is 4.98 Å². The van der Waals surface area contributed by atoms with Crippen molar-refractivity contribution in [2.75, 3.05) is 69.3 Å². The van der Waals surface area contributed by atoms with E-state index in [1.807, 2.05) is 23.1 Å². The molecule has 0 bridgehead atoms. The van der Waals surface area contributed by atoms with Crippen molar-refractivity contribution >= 4 is 17.5 Å². The van der Waals surface area contributed by atoms with E-state index >= 15 is 0 Å². The molecule has 1 amide bonds. The minimum atomic E-state index is -0.128. The number of rotatable bonds is 10. The number of methoxy groups -OCH3 is 1. The van der Waals surface area contributed by atoms with E-state index in [2.05, 4.69) is 39.6 Å². The molecule has 202 valence electrons. The Hall–Kier alpha value is -3.07. The van der Waals surface area contributed by atoms with Crippen LogP contribution in [0.2, 0.25) is 0 Å². The number of aromatic nitrogens is 2. The molecule has 1 N–H and O–H groups in total. The smallest absolute Gasteiger partial charge is 0.252 e. The molecule has 0 aliphatic carbocycles. The molecule has 4 rings (SSSR count). The normalized spacial score (nSPS) is 17.6. The second kappa shape index (κ2) is 12.9. The number of hydrogen-bond donors (Lipinski definition) is 1. The first-order valence-electron chi connectivity index (χ1n) is 13.8. The second-order valence-electron chi connectivity index (χ2n) is 10.1. The molecule has 1 aromatic carbocycles. The predicted octanol–water partition coefficient (Wildman–Crippen LogP) is 2.97. The third-order valence-corrected chi connectivity index (χ3v) is 7.61. The summed E-state index contributed by atoms with van der Waals surface area (Å²) >= 11 is 0. The molecule has 2 aliphatic heterocycles. The number of carbonyl (C=O) groups is 1. The maximum absolute atomic E-state index is 13.0. The Morgan fingerprint density at radius 1 is 1.03 bits per heavy atom. The second-order valence-corrected chi connectivity index (χ2v) is 10.1. The summed E-state index contributed by atoms with van der Waals surface area (Å²) in [7, 11) is 1.71. The fraction of sp³-hybridized carbons (Fsp3) is 0.607.